The number of carbonyl (C=O) groups excluding carboxylic acids is 1. The molecule has 1 atom stereocenters. The summed E-state index contributed by atoms with van der Waals surface area (Å²) < 4.78 is 10.7. The molecule has 140 valence electrons. The molecule has 1 fully saturated rings. The lowest BCUT2D eigenvalue weighted by molar-refractivity contribution is 0.0947. The summed E-state index contributed by atoms with van der Waals surface area (Å²) in [4.78, 5) is 14.8. The van der Waals surface area contributed by atoms with Crippen molar-refractivity contribution in [2.75, 3.05) is 39.9 Å². The zero-order valence-electron chi connectivity index (χ0n) is 15.7. The third-order valence-corrected chi connectivity index (χ3v) is 4.92. The number of methoxy groups -OCH3 is 1. The Balaban J connectivity index is 1.45. The van der Waals surface area contributed by atoms with Gasteiger partial charge in [-0.1, -0.05) is 12.1 Å². The van der Waals surface area contributed by atoms with Gasteiger partial charge in [-0.2, -0.15) is 0 Å². The third kappa shape index (κ3) is 4.96. The first-order valence-electron chi connectivity index (χ1n) is 9.32. The number of likely N-dealkylation sites (tertiary alicyclic amines) is 1. The molecule has 0 radical (unpaired) electrons. The van der Waals surface area contributed by atoms with Crippen molar-refractivity contribution < 1.29 is 13.9 Å². The molecule has 1 aliphatic rings. The molecule has 1 aromatic heterocycles. The summed E-state index contributed by atoms with van der Waals surface area (Å²) in [5, 5.41) is 3.08. The van der Waals surface area contributed by atoms with Crippen LogP contribution in [0.1, 0.15) is 29.0 Å². The standard InChI is InChI=1S/C21H28N2O3/c1-16-4-9-20(26-16)18-5-7-19(8-6-18)21(24)22-14-17-10-12-23(15-17)11-3-13-25-2/h4-9,17H,3,10-15H2,1-2H3,(H,22,24). The summed E-state index contributed by atoms with van der Waals surface area (Å²) >= 11 is 0. The van der Waals surface area contributed by atoms with Gasteiger partial charge >= 0.3 is 0 Å². The molecule has 0 spiro atoms. The Labute approximate surface area is 155 Å². The first-order chi connectivity index (χ1) is 12.7. The largest absolute Gasteiger partial charge is 0.461 e. The van der Waals surface area contributed by atoms with Crippen LogP contribution in [0.4, 0.5) is 0 Å². The molecule has 1 amide bonds. The van der Waals surface area contributed by atoms with Crippen LogP contribution in [0.15, 0.2) is 40.8 Å². The van der Waals surface area contributed by atoms with E-state index >= 15 is 0 Å². The molecule has 1 unspecified atom stereocenters. The second kappa shape index (κ2) is 9.01. The van der Waals surface area contributed by atoms with Crippen molar-refractivity contribution >= 4 is 5.91 Å². The minimum Gasteiger partial charge on any atom is -0.461 e. The lowest BCUT2D eigenvalue weighted by Crippen LogP contribution is -2.31. The first-order valence-corrected chi connectivity index (χ1v) is 9.32. The Bertz CT molecular complexity index is 708. The Kier molecular flexibility index (Phi) is 6.47. The molecule has 5 heteroatoms. The normalized spacial score (nSPS) is 17.5. The lowest BCUT2D eigenvalue weighted by Gasteiger charge is -2.16. The maximum atomic E-state index is 12.4. The highest BCUT2D eigenvalue weighted by Crippen LogP contribution is 2.22. The molecule has 3 rings (SSSR count). The van der Waals surface area contributed by atoms with Gasteiger partial charge in [0.2, 0.25) is 0 Å². The highest BCUT2D eigenvalue weighted by molar-refractivity contribution is 5.94. The number of hydrogen-bond donors (Lipinski definition) is 1. The van der Waals surface area contributed by atoms with Gasteiger partial charge in [0.1, 0.15) is 11.5 Å². The van der Waals surface area contributed by atoms with Crippen molar-refractivity contribution in [3.05, 3.63) is 47.7 Å². The van der Waals surface area contributed by atoms with Crippen LogP contribution >= 0.6 is 0 Å². The molecule has 0 bridgehead atoms. The number of ether oxygens (including phenoxy) is 1. The van der Waals surface area contributed by atoms with Gasteiger partial charge in [-0.05, 0) is 56.5 Å². The van der Waals surface area contributed by atoms with Crippen molar-refractivity contribution in [2.45, 2.75) is 19.8 Å². The zero-order valence-corrected chi connectivity index (χ0v) is 15.7. The van der Waals surface area contributed by atoms with Gasteiger partial charge in [0.25, 0.3) is 5.91 Å². The Hall–Kier alpha value is -2.11. The fourth-order valence-corrected chi connectivity index (χ4v) is 3.43. The van der Waals surface area contributed by atoms with Gasteiger partial charge in [-0.15, -0.1) is 0 Å². The zero-order chi connectivity index (χ0) is 18.4. The Morgan fingerprint density at radius 3 is 2.77 bits per heavy atom. The molecule has 1 aromatic carbocycles. The Morgan fingerprint density at radius 1 is 1.27 bits per heavy atom. The number of nitrogens with one attached hydrogen (secondary N) is 1. The second-order valence-electron chi connectivity index (χ2n) is 7.00. The van der Waals surface area contributed by atoms with E-state index in [1.165, 1.54) is 0 Å². The van der Waals surface area contributed by atoms with Gasteiger partial charge in [0, 0.05) is 44.5 Å². The van der Waals surface area contributed by atoms with Crippen LogP contribution < -0.4 is 5.32 Å². The van der Waals surface area contributed by atoms with Crippen LogP contribution in [0.25, 0.3) is 11.3 Å². The van der Waals surface area contributed by atoms with Gasteiger partial charge in [-0.3, -0.25) is 4.79 Å². The molecular weight excluding hydrogens is 328 g/mol. The van der Waals surface area contributed by atoms with Crippen molar-refractivity contribution in [1.29, 1.82) is 0 Å². The number of nitrogens with zero attached hydrogens (tertiary/aromatic N) is 1. The molecule has 26 heavy (non-hydrogen) atoms. The van der Waals surface area contributed by atoms with Crippen molar-refractivity contribution in [3.63, 3.8) is 0 Å². The van der Waals surface area contributed by atoms with E-state index in [9.17, 15) is 4.79 Å². The predicted molar refractivity (Wildman–Crippen MR) is 102 cm³/mol. The molecule has 0 aliphatic carbocycles. The second-order valence-corrected chi connectivity index (χ2v) is 7.00. The SMILES string of the molecule is COCCCN1CCC(CNC(=O)c2ccc(-c3ccc(C)o3)cc2)C1. The summed E-state index contributed by atoms with van der Waals surface area (Å²) in [6, 6.07) is 11.5. The topological polar surface area (TPSA) is 54.7 Å². The van der Waals surface area contributed by atoms with Crippen molar-refractivity contribution in [1.82, 2.24) is 10.2 Å². The van der Waals surface area contributed by atoms with E-state index in [2.05, 4.69) is 10.2 Å². The maximum Gasteiger partial charge on any atom is 0.251 e. The molecule has 2 aromatic rings. The molecule has 1 aliphatic heterocycles. The van der Waals surface area contributed by atoms with E-state index < -0.39 is 0 Å². The van der Waals surface area contributed by atoms with Crippen molar-refractivity contribution in [2.24, 2.45) is 5.92 Å². The minimum atomic E-state index is -0.00925. The molecule has 1 N–H and O–H groups in total. The quantitative estimate of drug-likeness (QED) is 0.737. The maximum absolute atomic E-state index is 12.4. The highest BCUT2D eigenvalue weighted by atomic mass is 16.5. The predicted octanol–water partition coefficient (Wildman–Crippen LogP) is 3.34. The first kappa shape index (κ1) is 18.7. The van der Waals surface area contributed by atoms with Crippen LogP contribution in [0.3, 0.4) is 0 Å². The van der Waals surface area contributed by atoms with Gasteiger partial charge in [-0.25, -0.2) is 0 Å². The highest BCUT2D eigenvalue weighted by Gasteiger charge is 2.22. The summed E-state index contributed by atoms with van der Waals surface area (Å²) in [7, 11) is 1.74. The molecule has 2 heterocycles. The van der Waals surface area contributed by atoms with Crippen LogP contribution in [-0.2, 0) is 4.74 Å². The lowest BCUT2D eigenvalue weighted by atomic mass is 10.1. The van der Waals surface area contributed by atoms with E-state index in [1.807, 2.05) is 43.3 Å². The minimum absolute atomic E-state index is 0.00925. The van der Waals surface area contributed by atoms with E-state index in [0.29, 0.717) is 11.5 Å². The summed E-state index contributed by atoms with van der Waals surface area (Å²) in [5.41, 5.74) is 1.67. The molecule has 0 saturated carbocycles. The summed E-state index contributed by atoms with van der Waals surface area (Å²) in [5.74, 6) is 2.24. The number of carbonyl (C=O) groups is 1. The van der Waals surface area contributed by atoms with Gasteiger partial charge in [0.05, 0.1) is 0 Å². The fraction of sp³-hybridized carbons (Fsp3) is 0.476. The number of rotatable bonds is 8. The summed E-state index contributed by atoms with van der Waals surface area (Å²) in [6.07, 6.45) is 2.21. The fourth-order valence-electron chi connectivity index (χ4n) is 3.43. The number of benzene rings is 1. The number of amides is 1. The monoisotopic (exact) mass is 356 g/mol. The van der Waals surface area contributed by atoms with Gasteiger partial charge < -0.3 is 19.4 Å². The van der Waals surface area contributed by atoms with Crippen LogP contribution in [0.5, 0.6) is 0 Å². The average Bonchev–Trinajstić information content (AvgIpc) is 3.29. The van der Waals surface area contributed by atoms with Crippen LogP contribution in [0, 0.1) is 12.8 Å². The average molecular weight is 356 g/mol. The van der Waals surface area contributed by atoms with Crippen molar-refractivity contribution in [3.8, 4) is 11.3 Å². The smallest absolute Gasteiger partial charge is 0.251 e. The van der Waals surface area contributed by atoms with E-state index in [-0.39, 0.29) is 5.91 Å². The number of furan rings is 1. The van der Waals surface area contributed by atoms with Crippen LogP contribution in [-0.4, -0.2) is 50.7 Å². The van der Waals surface area contributed by atoms with E-state index in [1.54, 1.807) is 7.11 Å². The molecule has 1 saturated heterocycles. The van der Waals surface area contributed by atoms with E-state index in [0.717, 1.165) is 62.7 Å². The third-order valence-electron chi connectivity index (χ3n) is 4.92. The number of aryl methyl sites for hydroxylation is 1. The summed E-state index contributed by atoms with van der Waals surface area (Å²) in [6.45, 7) is 6.71. The number of hydrogen-bond acceptors (Lipinski definition) is 4. The van der Waals surface area contributed by atoms with Gasteiger partial charge in [0.15, 0.2) is 0 Å². The molecular formula is C21H28N2O3. The van der Waals surface area contributed by atoms with Crippen LogP contribution in [0.2, 0.25) is 0 Å². The van der Waals surface area contributed by atoms with E-state index in [4.69, 9.17) is 9.15 Å². The molecule has 5 nitrogen and oxygen atoms in total. The Morgan fingerprint density at radius 2 is 2.08 bits per heavy atom.